The van der Waals surface area contributed by atoms with Gasteiger partial charge in [-0.25, -0.2) is 4.98 Å². The first-order chi connectivity index (χ1) is 11.6. The summed E-state index contributed by atoms with van der Waals surface area (Å²) < 4.78 is 5.74. The van der Waals surface area contributed by atoms with Crippen molar-refractivity contribution < 1.29 is 14.6 Å². The van der Waals surface area contributed by atoms with Crippen LogP contribution in [0.15, 0.2) is 48.7 Å². The lowest BCUT2D eigenvalue weighted by Gasteiger charge is -2.17. The van der Waals surface area contributed by atoms with E-state index in [2.05, 4.69) is 10.3 Å². The number of carboxylic acids is 1. The van der Waals surface area contributed by atoms with Crippen LogP contribution in [-0.2, 0) is 4.79 Å². The van der Waals surface area contributed by atoms with Gasteiger partial charge < -0.3 is 15.2 Å². The average molecular weight is 328 g/mol. The van der Waals surface area contributed by atoms with Crippen LogP contribution in [0.4, 0.5) is 5.82 Å². The van der Waals surface area contributed by atoms with Crippen molar-refractivity contribution in [3.05, 3.63) is 54.2 Å². The van der Waals surface area contributed by atoms with Gasteiger partial charge in [0.05, 0.1) is 12.5 Å². The van der Waals surface area contributed by atoms with Crippen molar-refractivity contribution in [3.8, 4) is 5.75 Å². The van der Waals surface area contributed by atoms with Crippen molar-refractivity contribution in [1.29, 1.82) is 0 Å². The van der Waals surface area contributed by atoms with Crippen LogP contribution in [0.25, 0.3) is 0 Å². The Hall–Kier alpha value is -2.56. The summed E-state index contributed by atoms with van der Waals surface area (Å²) in [6.45, 7) is 5.15. The second kappa shape index (κ2) is 8.91. The fourth-order valence-corrected chi connectivity index (χ4v) is 2.56. The number of ether oxygens (including phenoxy) is 1. The summed E-state index contributed by atoms with van der Waals surface area (Å²) in [6, 6.07) is 13.1. The minimum absolute atomic E-state index is 0.0281. The molecule has 24 heavy (non-hydrogen) atoms. The SMILES string of the molecule is CC(C)C(C(=O)O)c1cccc(OCCCNc2ccccn2)c1. The van der Waals surface area contributed by atoms with E-state index in [4.69, 9.17) is 4.74 Å². The molecule has 0 amide bonds. The molecule has 0 saturated carbocycles. The second-order valence-electron chi connectivity index (χ2n) is 5.98. The van der Waals surface area contributed by atoms with Crippen LogP contribution in [0.5, 0.6) is 5.75 Å². The minimum atomic E-state index is -0.804. The third-order valence-electron chi connectivity index (χ3n) is 3.71. The number of hydrogen-bond acceptors (Lipinski definition) is 4. The Morgan fingerprint density at radius 1 is 1.25 bits per heavy atom. The maximum absolute atomic E-state index is 11.4. The Balaban J connectivity index is 1.83. The molecule has 0 spiro atoms. The van der Waals surface area contributed by atoms with Crippen molar-refractivity contribution in [2.24, 2.45) is 5.92 Å². The van der Waals surface area contributed by atoms with Crippen LogP contribution >= 0.6 is 0 Å². The van der Waals surface area contributed by atoms with Crippen molar-refractivity contribution in [2.75, 3.05) is 18.5 Å². The lowest BCUT2D eigenvalue weighted by molar-refractivity contribution is -0.139. The van der Waals surface area contributed by atoms with Gasteiger partial charge >= 0.3 is 5.97 Å². The Kier molecular flexibility index (Phi) is 6.61. The highest BCUT2D eigenvalue weighted by atomic mass is 16.5. The molecule has 0 saturated heterocycles. The van der Waals surface area contributed by atoms with E-state index in [1.807, 2.05) is 56.3 Å². The molecular weight excluding hydrogens is 304 g/mol. The van der Waals surface area contributed by atoms with Gasteiger partial charge in [0.2, 0.25) is 0 Å². The number of aliphatic carboxylic acids is 1. The number of benzene rings is 1. The largest absolute Gasteiger partial charge is 0.494 e. The number of rotatable bonds is 9. The van der Waals surface area contributed by atoms with Crippen LogP contribution in [0, 0.1) is 5.92 Å². The first-order valence-corrected chi connectivity index (χ1v) is 8.18. The first kappa shape index (κ1) is 17.8. The average Bonchev–Trinajstić information content (AvgIpc) is 2.55. The molecule has 5 heteroatoms. The summed E-state index contributed by atoms with van der Waals surface area (Å²) in [5.74, 6) is 0.263. The number of pyridine rings is 1. The van der Waals surface area contributed by atoms with E-state index in [1.165, 1.54) is 0 Å². The fourth-order valence-electron chi connectivity index (χ4n) is 2.56. The molecule has 1 aromatic heterocycles. The third kappa shape index (κ3) is 5.26. The van der Waals surface area contributed by atoms with Crippen LogP contribution in [0.1, 0.15) is 31.7 Å². The molecule has 0 fully saturated rings. The topological polar surface area (TPSA) is 71.5 Å². The number of hydrogen-bond donors (Lipinski definition) is 2. The van der Waals surface area contributed by atoms with E-state index < -0.39 is 11.9 Å². The molecule has 1 unspecified atom stereocenters. The van der Waals surface area contributed by atoms with Gasteiger partial charge in [-0.15, -0.1) is 0 Å². The lowest BCUT2D eigenvalue weighted by Crippen LogP contribution is -2.17. The van der Waals surface area contributed by atoms with E-state index in [0.717, 1.165) is 24.3 Å². The molecule has 1 aromatic carbocycles. The maximum Gasteiger partial charge on any atom is 0.311 e. The Labute approximate surface area is 142 Å². The molecule has 0 aliphatic rings. The van der Waals surface area contributed by atoms with Crippen LogP contribution in [-0.4, -0.2) is 29.2 Å². The number of nitrogens with one attached hydrogen (secondary N) is 1. The van der Waals surface area contributed by atoms with Crippen molar-refractivity contribution in [1.82, 2.24) is 4.98 Å². The van der Waals surface area contributed by atoms with Gasteiger partial charge in [-0.2, -0.15) is 0 Å². The zero-order valence-electron chi connectivity index (χ0n) is 14.1. The monoisotopic (exact) mass is 328 g/mol. The zero-order valence-corrected chi connectivity index (χ0v) is 14.1. The number of aromatic nitrogens is 1. The van der Waals surface area contributed by atoms with E-state index in [-0.39, 0.29) is 5.92 Å². The molecule has 2 aromatic rings. The molecule has 2 N–H and O–H groups in total. The molecule has 0 aliphatic heterocycles. The van der Waals surface area contributed by atoms with Gasteiger partial charge in [0.15, 0.2) is 0 Å². The van der Waals surface area contributed by atoms with E-state index in [9.17, 15) is 9.90 Å². The third-order valence-corrected chi connectivity index (χ3v) is 3.71. The van der Waals surface area contributed by atoms with Crippen LogP contribution in [0.3, 0.4) is 0 Å². The number of anilines is 1. The molecule has 1 atom stereocenters. The molecule has 1 heterocycles. The molecule has 0 bridgehead atoms. The normalized spacial score (nSPS) is 12.0. The second-order valence-corrected chi connectivity index (χ2v) is 5.98. The molecule has 5 nitrogen and oxygen atoms in total. The van der Waals surface area contributed by atoms with Crippen molar-refractivity contribution in [2.45, 2.75) is 26.2 Å². The van der Waals surface area contributed by atoms with Gasteiger partial charge in [0.25, 0.3) is 0 Å². The summed E-state index contributed by atoms with van der Waals surface area (Å²) in [5, 5.41) is 12.6. The van der Waals surface area contributed by atoms with Crippen LogP contribution in [0.2, 0.25) is 0 Å². The van der Waals surface area contributed by atoms with Gasteiger partial charge in [0, 0.05) is 12.7 Å². The van der Waals surface area contributed by atoms with Gasteiger partial charge in [-0.05, 0) is 42.2 Å². The van der Waals surface area contributed by atoms with Gasteiger partial charge in [0.1, 0.15) is 11.6 Å². The standard InChI is InChI=1S/C19H24N2O3/c1-14(2)18(19(22)23)15-7-5-8-16(13-15)24-12-6-11-21-17-9-3-4-10-20-17/h3-5,7-10,13-14,18H,6,11-12H2,1-2H3,(H,20,21)(H,22,23). The van der Waals surface area contributed by atoms with Gasteiger partial charge in [-0.3, -0.25) is 4.79 Å². The lowest BCUT2D eigenvalue weighted by atomic mass is 9.88. The smallest absolute Gasteiger partial charge is 0.311 e. The van der Waals surface area contributed by atoms with E-state index in [0.29, 0.717) is 12.4 Å². The molecule has 2 rings (SSSR count). The predicted molar refractivity (Wildman–Crippen MR) is 94.5 cm³/mol. The quantitative estimate of drug-likeness (QED) is 0.685. The Morgan fingerprint density at radius 3 is 2.75 bits per heavy atom. The Bertz CT molecular complexity index is 644. The van der Waals surface area contributed by atoms with Gasteiger partial charge in [-0.1, -0.05) is 32.0 Å². The summed E-state index contributed by atoms with van der Waals surface area (Å²) in [6.07, 6.45) is 2.57. The summed E-state index contributed by atoms with van der Waals surface area (Å²) in [7, 11) is 0. The molecule has 128 valence electrons. The highest BCUT2D eigenvalue weighted by Gasteiger charge is 2.23. The highest BCUT2D eigenvalue weighted by Crippen LogP contribution is 2.27. The Morgan fingerprint density at radius 2 is 2.08 bits per heavy atom. The fraction of sp³-hybridized carbons (Fsp3) is 0.368. The predicted octanol–water partition coefficient (Wildman–Crippen LogP) is 3.79. The summed E-state index contributed by atoms with van der Waals surface area (Å²) >= 11 is 0. The molecular formula is C19H24N2O3. The summed E-state index contributed by atoms with van der Waals surface area (Å²) in [4.78, 5) is 15.6. The van der Waals surface area contributed by atoms with Crippen LogP contribution < -0.4 is 10.1 Å². The first-order valence-electron chi connectivity index (χ1n) is 8.18. The number of nitrogens with zero attached hydrogens (tertiary/aromatic N) is 1. The van der Waals surface area contributed by atoms with E-state index >= 15 is 0 Å². The summed E-state index contributed by atoms with van der Waals surface area (Å²) in [5.41, 5.74) is 0.779. The highest BCUT2D eigenvalue weighted by molar-refractivity contribution is 5.76. The minimum Gasteiger partial charge on any atom is -0.494 e. The van der Waals surface area contributed by atoms with Crippen molar-refractivity contribution >= 4 is 11.8 Å². The maximum atomic E-state index is 11.4. The number of carbonyl (C=O) groups is 1. The molecule has 0 radical (unpaired) electrons. The van der Waals surface area contributed by atoms with E-state index in [1.54, 1.807) is 6.20 Å². The zero-order chi connectivity index (χ0) is 17.4. The number of carboxylic acid groups (broad SMARTS) is 1. The molecule has 0 aliphatic carbocycles. The van der Waals surface area contributed by atoms with Crippen molar-refractivity contribution in [3.63, 3.8) is 0 Å².